The van der Waals surface area contributed by atoms with Gasteiger partial charge in [0.05, 0.1) is 5.92 Å². The van der Waals surface area contributed by atoms with Gasteiger partial charge in [0.1, 0.15) is 5.82 Å². The maximum absolute atomic E-state index is 12.7. The average molecular weight is 379 g/mol. The van der Waals surface area contributed by atoms with Crippen molar-refractivity contribution in [1.29, 1.82) is 0 Å². The second-order valence-electron chi connectivity index (χ2n) is 7.32. The van der Waals surface area contributed by atoms with E-state index in [-0.39, 0.29) is 11.8 Å². The van der Waals surface area contributed by atoms with E-state index in [2.05, 4.69) is 30.4 Å². The second-order valence-corrected chi connectivity index (χ2v) is 7.32. The number of nitrogens with zero attached hydrogens (tertiary/aromatic N) is 6. The Morgan fingerprint density at radius 3 is 2.86 bits per heavy atom. The van der Waals surface area contributed by atoms with Crippen LogP contribution in [-0.2, 0) is 11.2 Å². The molecule has 0 aliphatic carbocycles. The Bertz CT molecular complexity index is 963. The third kappa shape index (κ3) is 3.95. The summed E-state index contributed by atoms with van der Waals surface area (Å²) in [6, 6.07) is 7.76. The first kappa shape index (κ1) is 18.3. The van der Waals surface area contributed by atoms with Gasteiger partial charge in [-0.25, -0.2) is 9.97 Å². The average Bonchev–Trinajstić information content (AvgIpc) is 3.10. The predicted molar refractivity (Wildman–Crippen MR) is 106 cm³/mol. The monoisotopic (exact) mass is 379 g/mol. The first-order valence-electron chi connectivity index (χ1n) is 9.74. The lowest BCUT2D eigenvalue weighted by Crippen LogP contribution is -2.44. The molecule has 0 radical (unpaired) electrons. The maximum Gasteiger partial charge on any atom is 0.225 e. The Balaban J connectivity index is 1.34. The Labute approximate surface area is 164 Å². The minimum Gasteiger partial charge on any atom is -0.355 e. The van der Waals surface area contributed by atoms with Crippen molar-refractivity contribution >= 4 is 17.5 Å². The number of anilines is 1. The molecule has 1 amide bonds. The number of nitrogens with one attached hydrogen (secondary N) is 1. The summed E-state index contributed by atoms with van der Waals surface area (Å²) < 4.78 is 1.95. The van der Waals surface area contributed by atoms with Gasteiger partial charge in [-0.15, -0.1) is 10.2 Å². The highest BCUT2D eigenvalue weighted by Gasteiger charge is 2.27. The normalized spacial score (nSPS) is 17.1. The molecule has 1 N–H and O–H groups in total. The fraction of sp³-hybridized carbons (Fsp3) is 0.450. The van der Waals surface area contributed by atoms with Crippen LogP contribution in [0, 0.1) is 19.8 Å². The number of hydrogen-bond acceptors (Lipinski definition) is 6. The van der Waals surface area contributed by atoms with Crippen LogP contribution in [0.15, 0.2) is 30.5 Å². The molecule has 8 heteroatoms. The largest absolute Gasteiger partial charge is 0.355 e. The van der Waals surface area contributed by atoms with Crippen molar-refractivity contribution in [2.45, 2.75) is 33.1 Å². The Morgan fingerprint density at radius 1 is 1.21 bits per heavy atom. The third-order valence-corrected chi connectivity index (χ3v) is 5.08. The van der Waals surface area contributed by atoms with E-state index in [1.165, 1.54) is 0 Å². The van der Waals surface area contributed by atoms with Crippen LogP contribution in [0.3, 0.4) is 0 Å². The first-order chi connectivity index (χ1) is 13.6. The number of aromatic nitrogens is 5. The number of piperidine rings is 1. The highest BCUT2D eigenvalue weighted by Crippen LogP contribution is 2.21. The molecule has 146 valence electrons. The van der Waals surface area contributed by atoms with Crippen LogP contribution in [0.4, 0.5) is 5.95 Å². The molecule has 8 nitrogen and oxygen atoms in total. The molecule has 0 spiro atoms. The van der Waals surface area contributed by atoms with E-state index in [4.69, 9.17) is 0 Å². The molecule has 1 atom stereocenters. The number of amides is 1. The fourth-order valence-electron chi connectivity index (χ4n) is 3.72. The van der Waals surface area contributed by atoms with E-state index in [1.54, 1.807) is 0 Å². The van der Waals surface area contributed by atoms with Crippen molar-refractivity contribution in [3.05, 3.63) is 47.7 Å². The maximum atomic E-state index is 12.7. The number of carbonyl (C=O) groups is 1. The van der Waals surface area contributed by atoms with E-state index in [9.17, 15) is 4.79 Å². The van der Waals surface area contributed by atoms with Gasteiger partial charge in [0.2, 0.25) is 11.9 Å². The summed E-state index contributed by atoms with van der Waals surface area (Å²) in [6.07, 6.45) is 4.44. The summed E-state index contributed by atoms with van der Waals surface area (Å²) in [5.41, 5.74) is 2.73. The lowest BCUT2D eigenvalue weighted by atomic mass is 9.97. The third-order valence-electron chi connectivity index (χ3n) is 5.08. The molecular weight excluding hydrogens is 354 g/mol. The minimum atomic E-state index is -0.0479. The minimum absolute atomic E-state index is 0.0479. The Kier molecular flexibility index (Phi) is 5.18. The SMILES string of the molecule is Cc1cc(C)nc(N2CCCC(C(=O)NCCc3nnc4ccccn34)C2)n1. The van der Waals surface area contributed by atoms with Crippen LogP contribution in [0.25, 0.3) is 5.65 Å². The number of fused-ring (bicyclic) bond motifs is 1. The van der Waals surface area contributed by atoms with Gasteiger partial charge in [-0.2, -0.15) is 0 Å². The van der Waals surface area contributed by atoms with Crippen LogP contribution >= 0.6 is 0 Å². The van der Waals surface area contributed by atoms with Gasteiger partial charge >= 0.3 is 0 Å². The lowest BCUT2D eigenvalue weighted by molar-refractivity contribution is -0.125. The van der Waals surface area contributed by atoms with Crippen LogP contribution in [-0.4, -0.2) is 50.1 Å². The van der Waals surface area contributed by atoms with Crippen molar-refractivity contribution in [1.82, 2.24) is 29.9 Å². The van der Waals surface area contributed by atoms with Crippen LogP contribution < -0.4 is 10.2 Å². The topological polar surface area (TPSA) is 88.3 Å². The number of pyridine rings is 1. The molecule has 1 unspecified atom stereocenters. The number of rotatable bonds is 5. The smallest absolute Gasteiger partial charge is 0.225 e. The van der Waals surface area contributed by atoms with Gasteiger partial charge in [0.15, 0.2) is 5.65 Å². The molecule has 0 aromatic carbocycles. The molecule has 0 saturated carbocycles. The molecule has 1 aliphatic rings. The molecular formula is C20H25N7O. The highest BCUT2D eigenvalue weighted by molar-refractivity contribution is 5.79. The van der Waals surface area contributed by atoms with Crippen molar-refractivity contribution in [3.8, 4) is 0 Å². The molecule has 4 rings (SSSR count). The van der Waals surface area contributed by atoms with Gasteiger partial charge in [0, 0.05) is 43.6 Å². The molecule has 28 heavy (non-hydrogen) atoms. The summed E-state index contributed by atoms with van der Waals surface area (Å²) in [5.74, 6) is 1.62. The van der Waals surface area contributed by atoms with Crippen LogP contribution in [0.1, 0.15) is 30.1 Å². The molecule has 4 heterocycles. The van der Waals surface area contributed by atoms with Crippen molar-refractivity contribution in [2.75, 3.05) is 24.5 Å². The first-order valence-corrected chi connectivity index (χ1v) is 9.74. The molecule has 0 bridgehead atoms. The lowest BCUT2D eigenvalue weighted by Gasteiger charge is -2.32. The Hall–Kier alpha value is -3.03. The zero-order valence-electron chi connectivity index (χ0n) is 16.3. The molecule has 1 saturated heterocycles. The van der Waals surface area contributed by atoms with Crippen molar-refractivity contribution in [3.63, 3.8) is 0 Å². The van der Waals surface area contributed by atoms with Crippen molar-refractivity contribution in [2.24, 2.45) is 5.92 Å². The fourth-order valence-corrected chi connectivity index (χ4v) is 3.72. The van der Waals surface area contributed by atoms with Crippen LogP contribution in [0.2, 0.25) is 0 Å². The standard InChI is InChI=1S/C20H25N7O/c1-14-12-15(2)23-20(22-14)26-10-5-6-16(13-26)19(28)21-9-8-18-25-24-17-7-3-4-11-27(17)18/h3-4,7,11-12,16H,5-6,8-10,13H2,1-2H3,(H,21,28). The second kappa shape index (κ2) is 7.92. The quantitative estimate of drug-likeness (QED) is 0.726. The zero-order valence-corrected chi connectivity index (χ0v) is 16.3. The summed E-state index contributed by atoms with van der Waals surface area (Å²) in [6.45, 7) is 6.03. The summed E-state index contributed by atoms with van der Waals surface area (Å²) in [7, 11) is 0. The van der Waals surface area contributed by atoms with Gasteiger partial charge in [-0.1, -0.05) is 6.07 Å². The number of hydrogen-bond donors (Lipinski definition) is 1. The summed E-state index contributed by atoms with van der Waals surface area (Å²) in [5, 5.41) is 11.4. The molecule has 1 aliphatic heterocycles. The molecule has 3 aromatic heterocycles. The van der Waals surface area contributed by atoms with Crippen molar-refractivity contribution < 1.29 is 4.79 Å². The summed E-state index contributed by atoms with van der Waals surface area (Å²) >= 11 is 0. The zero-order chi connectivity index (χ0) is 19.5. The van der Waals surface area contributed by atoms with Gasteiger partial charge in [-0.3, -0.25) is 9.20 Å². The van der Waals surface area contributed by atoms with Crippen LogP contribution in [0.5, 0.6) is 0 Å². The van der Waals surface area contributed by atoms with E-state index in [0.717, 1.165) is 48.2 Å². The van der Waals surface area contributed by atoms with Gasteiger partial charge in [-0.05, 0) is 44.9 Å². The molecule has 3 aromatic rings. The highest BCUT2D eigenvalue weighted by atomic mass is 16.1. The van der Waals surface area contributed by atoms with Gasteiger partial charge in [0.25, 0.3) is 0 Å². The predicted octanol–water partition coefficient (Wildman–Crippen LogP) is 1.71. The summed E-state index contributed by atoms with van der Waals surface area (Å²) in [4.78, 5) is 23.9. The number of carbonyl (C=O) groups excluding carboxylic acids is 1. The van der Waals surface area contributed by atoms with E-state index >= 15 is 0 Å². The van der Waals surface area contributed by atoms with E-state index in [0.29, 0.717) is 19.5 Å². The number of aryl methyl sites for hydroxylation is 2. The van der Waals surface area contributed by atoms with E-state index < -0.39 is 0 Å². The Morgan fingerprint density at radius 2 is 2.04 bits per heavy atom. The van der Waals surface area contributed by atoms with E-state index in [1.807, 2.05) is 48.7 Å². The molecule has 1 fully saturated rings. The van der Waals surface area contributed by atoms with Gasteiger partial charge < -0.3 is 10.2 Å².